The number of nitrogen functional groups attached to an aromatic ring is 1. The van der Waals surface area contributed by atoms with Crippen LogP contribution in [0.1, 0.15) is 43.1 Å². The van der Waals surface area contributed by atoms with Crippen molar-refractivity contribution in [2.75, 3.05) is 30.3 Å². The standard InChI is InChI=1S/C30H36ClN5O4Si/c1-30(2,3)41(4,5)40-24-12-13-35(28(24)37)17-19-6-11-22(23(31)16-19)20-7-9-21(10-8-20)36-14-15-39-27-25(29(36)38)26(32)33-18-34-27/h6-11,16,18,24H,12-15,17H2,1-5H3,(H2,32,33,34). The summed E-state index contributed by atoms with van der Waals surface area (Å²) in [4.78, 5) is 37.8. The van der Waals surface area contributed by atoms with E-state index < -0.39 is 8.32 Å². The van der Waals surface area contributed by atoms with Gasteiger partial charge in [-0.1, -0.05) is 56.6 Å². The highest BCUT2D eigenvalue weighted by atomic mass is 35.5. The first kappa shape index (κ1) is 29.0. The SMILES string of the molecule is CC(C)(C)[Si](C)(C)OC1CCN(Cc2ccc(-c3ccc(N4CCOc5ncnc(N)c5C4=O)cc3)c(Cl)c2)C1=O. The fourth-order valence-corrected chi connectivity index (χ4v) is 6.45. The quantitative estimate of drug-likeness (QED) is 0.373. The lowest BCUT2D eigenvalue weighted by Gasteiger charge is -2.37. The summed E-state index contributed by atoms with van der Waals surface area (Å²) in [5.74, 6) is 0.0293. The monoisotopic (exact) mass is 593 g/mol. The first-order chi connectivity index (χ1) is 19.4. The van der Waals surface area contributed by atoms with Crippen molar-refractivity contribution in [1.29, 1.82) is 0 Å². The second-order valence-corrected chi connectivity index (χ2v) is 17.2. The van der Waals surface area contributed by atoms with Gasteiger partial charge in [-0.2, -0.15) is 0 Å². The molecule has 0 aliphatic carbocycles. The van der Waals surface area contributed by atoms with Crippen molar-refractivity contribution in [1.82, 2.24) is 14.9 Å². The number of carbonyl (C=O) groups is 2. The topological polar surface area (TPSA) is 111 Å². The summed E-state index contributed by atoms with van der Waals surface area (Å²) in [5, 5.41) is 0.641. The number of anilines is 2. The van der Waals surface area contributed by atoms with Gasteiger partial charge in [0.2, 0.25) is 5.88 Å². The Morgan fingerprint density at radius 1 is 1.10 bits per heavy atom. The van der Waals surface area contributed by atoms with E-state index in [0.717, 1.165) is 16.7 Å². The summed E-state index contributed by atoms with van der Waals surface area (Å²) in [6.07, 6.45) is 1.62. The van der Waals surface area contributed by atoms with Gasteiger partial charge in [-0.05, 0) is 53.9 Å². The predicted molar refractivity (Wildman–Crippen MR) is 163 cm³/mol. The van der Waals surface area contributed by atoms with E-state index in [1.807, 2.05) is 47.4 Å². The molecule has 2 N–H and O–H groups in total. The molecule has 2 aromatic carbocycles. The normalized spacial score (nSPS) is 17.9. The zero-order chi connectivity index (χ0) is 29.5. The number of carbonyl (C=O) groups excluding carboxylic acids is 2. The van der Waals surface area contributed by atoms with Crippen molar-refractivity contribution >= 4 is 43.2 Å². The van der Waals surface area contributed by atoms with Crippen molar-refractivity contribution in [3.8, 4) is 17.0 Å². The zero-order valence-electron chi connectivity index (χ0n) is 24.1. The number of benzene rings is 2. The number of halogens is 1. The molecule has 2 amide bonds. The first-order valence-electron chi connectivity index (χ1n) is 13.8. The number of nitrogens with zero attached hydrogens (tertiary/aromatic N) is 4. The van der Waals surface area contributed by atoms with Gasteiger partial charge in [0.15, 0.2) is 8.32 Å². The Bertz CT molecular complexity index is 1470. The van der Waals surface area contributed by atoms with E-state index in [-0.39, 0.29) is 46.8 Å². The lowest BCUT2D eigenvalue weighted by atomic mass is 10.0. The van der Waals surface area contributed by atoms with Crippen molar-refractivity contribution in [2.45, 2.75) is 58.0 Å². The van der Waals surface area contributed by atoms with Gasteiger partial charge in [-0.15, -0.1) is 0 Å². The number of ether oxygens (including phenoxy) is 1. The van der Waals surface area contributed by atoms with Crippen molar-refractivity contribution in [2.24, 2.45) is 0 Å². The number of rotatable bonds is 6. The van der Waals surface area contributed by atoms with E-state index in [0.29, 0.717) is 36.8 Å². The number of likely N-dealkylation sites (tertiary alicyclic amines) is 1. The second-order valence-electron chi connectivity index (χ2n) is 12.0. The highest BCUT2D eigenvalue weighted by Crippen LogP contribution is 2.39. The molecule has 1 atom stereocenters. The Kier molecular flexibility index (Phi) is 7.84. The van der Waals surface area contributed by atoms with Crippen LogP contribution in [0.2, 0.25) is 23.2 Å². The van der Waals surface area contributed by atoms with Gasteiger partial charge in [0.25, 0.3) is 11.8 Å². The van der Waals surface area contributed by atoms with Gasteiger partial charge in [-0.3, -0.25) is 9.59 Å². The highest BCUT2D eigenvalue weighted by molar-refractivity contribution is 6.74. The third-order valence-corrected chi connectivity index (χ3v) is 13.0. The molecular weight excluding hydrogens is 558 g/mol. The number of hydrogen-bond acceptors (Lipinski definition) is 7. The minimum Gasteiger partial charge on any atom is -0.475 e. The van der Waals surface area contributed by atoms with Crippen molar-refractivity contribution < 1.29 is 18.8 Å². The number of amides is 2. The molecule has 216 valence electrons. The van der Waals surface area contributed by atoms with Crippen LogP contribution < -0.4 is 15.4 Å². The van der Waals surface area contributed by atoms with Crippen LogP contribution in [0.3, 0.4) is 0 Å². The van der Waals surface area contributed by atoms with Gasteiger partial charge in [0.05, 0.1) is 6.54 Å². The maximum Gasteiger partial charge on any atom is 0.267 e. The number of hydrogen-bond donors (Lipinski definition) is 1. The summed E-state index contributed by atoms with van der Waals surface area (Å²) in [5.41, 5.74) is 9.56. The molecule has 5 rings (SSSR count). The number of fused-ring (bicyclic) bond motifs is 1. The van der Waals surface area contributed by atoms with E-state index in [9.17, 15) is 9.59 Å². The number of nitrogens with two attached hydrogens (primary N) is 1. The molecule has 1 unspecified atom stereocenters. The molecule has 3 aromatic rings. The van der Waals surface area contributed by atoms with Crippen LogP contribution in [-0.4, -0.2) is 60.8 Å². The lowest BCUT2D eigenvalue weighted by molar-refractivity contribution is -0.134. The molecule has 1 saturated heterocycles. The molecule has 2 aliphatic heterocycles. The molecule has 3 heterocycles. The lowest BCUT2D eigenvalue weighted by Crippen LogP contribution is -2.46. The molecule has 2 aliphatic rings. The number of aromatic nitrogens is 2. The van der Waals surface area contributed by atoms with Crippen LogP contribution in [0, 0.1) is 0 Å². The highest BCUT2D eigenvalue weighted by Gasteiger charge is 2.43. The van der Waals surface area contributed by atoms with Gasteiger partial charge in [0.1, 0.15) is 30.4 Å². The Morgan fingerprint density at radius 2 is 1.83 bits per heavy atom. The van der Waals surface area contributed by atoms with E-state index in [1.165, 1.54) is 6.33 Å². The van der Waals surface area contributed by atoms with Crippen LogP contribution in [0.5, 0.6) is 5.88 Å². The zero-order valence-corrected chi connectivity index (χ0v) is 25.9. The van der Waals surface area contributed by atoms with Crippen LogP contribution in [0.4, 0.5) is 11.5 Å². The van der Waals surface area contributed by atoms with E-state index in [2.05, 4.69) is 43.8 Å². The Balaban J connectivity index is 1.27. The largest absolute Gasteiger partial charge is 0.475 e. The average molecular weight is 594 g/mol. The van der Waals surface area contributed by atoms with Crippen LogP contribution in [0.25, 0.3) is 11.1 Å². The Labute approximate surface area is 246 Å². The minimum absolute atomic E-state index is 0.0493. The van der Waals surface area contributed by atoms with Crippen LogP contribution >= 0.6 is 11.6 Å². The molecule has 41 heavy (non-hydrogen) atoms. The third-order valence-electron chi connectivity index (χ3n) is 8.24. The fraction of sp³-hybridized carbons (Fsp3) is 0.400. The summed E-state index contributed by atoms with van der Waals surface area (Å²) < 4.78 is 12.0. The van der Waals surface area contributed by atoms with Crippen molar-refractivity contribution in [3.05, 3.63) is 64.9 Å². The van der Waals surface area contributed by atoms with Crippen LogP contribution in [-0.2, 0) is 15.8 Å². The predicted octanol–water partition coefficient (Wildman–Crippen LogP) is 5.54. The average Bonchev–Trinajstić information content (AvgIpc) is 3.13. The van der Waals surface area contributed by atoms with Crippen molar-refractivity contribution in [3.63, 3.8) is 0 Å². The summed E-state index contributed by atoms with van der Waals surface area (Å²) in [7, 11) is -2.03. The summed E-state index contributed by atoms with van der Waals surface area (Å²) in [6.45, 7) is 12.7. The van der Waals surface area contributed by atoms with Crippen LogP contribution in [0.15, 0.2) is 48.8 Å². The molecule has 0 saturated carbocycles. The van der Waals surface area contributed by atoms with Gasteiger partial charge in [-0.25, -0.2) is 9.97 Å². The first-order valence-corrected chi connectivity index (χ1v) is 17.0. The molecule has 0 radical (unpaired) electrons. The molecule has 9 nitrogen and oxygen atoms in total. The minimum atomic E-state index is -2.03. The maximum absolute atomic E-state index is 13.2. The van der Waals surface area contributed by atoms with E-state index in [1.54, 1.807) is 4.90 Å². The molecular formula is C30H36ClN5O4Si. The van der Waals surface area contributed by atoms with Gasteiger partial charge >= 0.3 is 0 Å². The molecule has 1 aromatic heterocycles. The smallest absolute Gasteiger partial charge is 0.267 e. The van der Waals surface area contributed by atoms with Gasteiger partial charge < -0.3 is 24.7 Å². The summed E-state index contributed by atoms with van der Waals surface area (Å²) >= 11 is 6.73. The molecule has 11 heteroatoms. The summed E-state index contributed by atoms with van der Waals surface area (Å²) in [6, 6.07) is 13.5. The Morgan fingerprint density at radius 3 is 2.51 bits per heavy atom. The van der Waals surface area contributed by atoms with E-state index in [4.69, 9.17) is 26.5 Å². The maximum atomic E-state index is 13.2. The molecule has 0 bridgehead atoms. The van der Waals surface area contributed by atoms with E-state index >= 15 is 0 Å². The molecule has 1 fully saturated rings. The molecule has 0 spiro atoms. The third kappa shape index (κ3) is 5.82. The Hall–Kier alpha value is -3.47. The fourth-order valence-electron chi connectivity index (χ4n) is 4.85. The second kappa shape index (κ2) is 11.1. The van der Waals surface area contributed by atoms with Gasteiger partial charge in [0, 0.05) is 29.4 Å².